The first-order chi connectivity index (χ1) is 9.85. The van der Waals surface area contributed by atoms with Gasteiger partial charge in [-0.2, -0.15) is 0 Å². The number of carbonyl (C=O) groups excluding carboxylic acids is 1. The first kappa shape index (κ1) is 15.8. The van der Waals surface area contributed by atoms with Crippen molar-refractivity contribution in [1.82, 2.24) is 5.32 Å². The molecule has 21 heavy (non-hydrogen) atoms. The van der Waals surface area contributed by atoms with Gasteiger partial charge in [0, 0.05) is 6.04 Å². The van der Waals surface area contributed by atoms with Crippen LogP contribution in [0, 0.1) is 0 Å². The minimum atomic E-state index is -2.93. The van der Waals surface area contributed by atoms with Gasteiger partial charge in [-0.25, -0.2) is 8.42 Å². The lowest BCUT2D eigenvalue weighted by atomic mass is 10.0. The number of nitrogens with two attached hydrogens (primary N) is 1. The Hall–Kier alpha value is -1.60. The van der Waals surface area contributed by atoms with E-state index in [2.05, 4.69) is 5.32 Å². The topological polar surface area (TPSA) is 109 Å². The molecule has 0 aliphatic carbocycles. The predicted octanol–water partition coefficient (Wildman–Crippen LogP) is -0.0446. The summed E-state index contributed by atoms with van der Waals surface area (Å²) < 4.78 is 22.7. The number of aromatic hydroxyl groups is 1. The number of sulfone groups is 1. The van der Waals surface area contributed by atoms with Crippen molar-refractivity contribution >= 4 is 15.7 Å². The molecule has 1 aliphatic heterocycles. The Morgan fingerprint density at radius 3 is 2.43 bits per heavy atom. The molecule has 4 N–H and O–H groups in total. The molecular weight excluding hydrogens is 292 g/mol. The predicted molar refractivity (Wildman–Crippen MR) is 79.6 cm³/mol. The van der Waals surface area contributed by atoms with Gasteiger partial charge in [-0.15, -0.1) is 0 Å². The van der Waals surface area contributed by atoms with Crippen LogP contribution in [-0.2, 0) is 21.1 Å². The Kier molecular flexibility index (Phi) is 4.84. The molecule has 116 valence electrons. The highest BCUT2D eigenvalue weighted by Crippen LogP contribution is 2.13. The Balaban J connectivity index is 1.84. The summed E-state index contributed by atoms with van der Waals surface area (Å²) in [5.74, 6) is 0.128. The van der Waals surface area contributed by atoms with Gasteiger partial charge < -0.3 is 16.2 Å². The normalized spacial score (nSPS) is 19.9. The number of carbonyl (C=O) groups is 1. The van der Waals surface area contributed by atoms with Crippen molar-refractivity contribution in [3.8, 4) is 5.75 Å². The molecule has 1 aromatic rings. The summed E-state index contributed by atoms with van der Waals surface area (Å²) in [6.07, 6.45) is 1.26. The van der Waals surface area contributed by atoms with Crippen LogP contribution in [0.1, 0.15) is 18.4 Å². The molecule has 0 spiro atoms. The number of benzene rings is 1. The van der Waals surface area contributed by atoms with Crippen molar-refractivity contribution in [2.75, 3.05) is 11.5 Å². The molecule has 0 radical (unpaired) electrons. The molecule has 1 aromatic carbocycles. The molecule has 6 nitrogen and oxygen atoms in total. The van der Waals surface area contributed by atoms with Crippen LogP contribution in [-0.4, -0.2) is 43.0 Å². The zero-order valence-corrected chi connectivity index (χ0v) is 12.5. The summed E-state index contributed by atoms with van der Waals surface area (Å²) in [5.41, 5.74) is 6.73. The number of rotatable bonds is 4. The number of phenols is 1. The monoisotopic (exact) mass is 312 g/mol. The summed E-state index contributed by atoms with van der Waals surface area (Å²) in [4.78, 5) is 12.0. The number of hydrogen-bond donors (Lipinski definition) is 3. The smallest absolute Gasteiger partial charge is 0.237 e. The lowest BCUT2D eigenvalue weighted by molar-refractivity contribution is -0.123. The molecule has 1 fully saturated rings. The third-order valence-electron chi connectivity index (χ3n) is 3.63. The van der Waals surface area contributed by atoms with Crippen molar-refractivity contribution in [1.29, 1.82) is 0 Å². The summed E-state index contributed by atoms with van der Waals surface area (Å²) in [6, 6.07) is 5.73. The van der Waals surface area contributed by atoms with Crippen LogP contribution >= 0.6 is 0 Å². The Bertz CT molecular complexity index is 584. The SMILES string of the molecule is NC(Cc1ccc(O)cc1)C(=O)NC1CCS(=O)(=O)CC1. The van der Waals surface area contributed by atoms with Crippen molar-refractivity contribution in [2.24, 2.45) is 5.73 Å². The maximum atomic E-state index is 12.0. The zero-order valence-electron chi connectivity index (χ0n) is 11.7. The Labute approximate surface area is 124 Å². The van der Waals surface area contributed by atoms with Gasteiger partial charge in [0.1, 0.15) is 15.6 Å². The summed E-state index contributed by atoms with van der Waals surface area (Å²) in [6.45, 7) is 0. The Morgan fingerprint density at radius 1 is 1.29 bits per heavy atom. The molecule has 1 heterocycles. The van der Waals surface area contributed by atoms with Gasteiger partial charge in [-0.1, -0.05) is 12.1 Å². The van der Waals surface area contributed by atoms with E-state index in [9.17, 15) is 18.3 Å². The van der Waals surface area contributed by atoms with E-state index >= 15 is 0 Å². The maximum Gasteiger partial charge on any atom is 0.237 e. The van der Waals surface area contributed by atoms with Gasteiger partial charge >= 0.3 is 0 Å². The van der Waals surface area contributed by atoms with Crippen LogP contribution in [0.3, 0.4) is 0 Å². The van der Waals surface area contributed by atoms with E-state index in [1.165, 1.54) is 0 Å². The second kappa shape index (κ2) is 6.44. The number of phenolic OH excluding ortho intramolecular Hbond substituents is 1. The van der Waals surface area contributed by atoms with Crippen LogP contribution in [0.5, 0.6) is 5.75 Å². The number of nitrogens with one attached hydrogen (secondary N) is 1. The number of hydrogen-bond acceptors (Lipinski definition) is 5. The first-order valence-electron chi connectivity index (χ1n) is 6.90. The number of amides is 1. The maximum absolute atomic E-state index is 12.0. The van der Waals surface area contributed by atoms with Gasteiger partial charge in [0.05, 0.1) is 17.5 Å². The minimum absolute atomic E-state index is 0.116. The molecule has 0 bridgehead atoms. The van der Waals surface area contributed by atoms with Crippen LogP contribution in [0.4, 0.5) is 0 Å². The van der Waals surface area contributed by atoms with Crippen LogP contribution < -0.4 is 11.1 Å². The van der Waals surface area contributed by atoms with E-state index in [1.807, 2.05) is 0 Å². The first-order valence-corrected chi connectivity index (χ1v) is 8.72. The van der Waals surface area contributed by atoms with E-state index < -0.39 is 15.9 Å². The highest BCUT2D eigenvalue weighted by atomic mass is 32.2. The molecule has 0 aromatic heterocycles. The minimum Gasteiger partial charge on any atom is -0.508 e. The van der Waals surface area contributed by atoms with Gasteiger partial charge in [0.15, 0.2) is 0 Å². The van der Waals surface area contributed by atoms with E-state index in [4.69, 9.17) is 5.73 Å². The third kappa shape index (κ3) is 4.71. The molecular formula is C14H20N2O4S. The van der Waals surface area contributed by atoms with Crippen molar-refractivity contribution in [3.05, 3.63) is 29.8 Å². The van der Waals surface area contributed by atoms with Gasteiger partial charge in [-0.3, -0.25) is 4.79 Å². The molecule has 7 heteroatoms. The van der Waals surface area contributed by atoms with Crippen LogP contribution in [0.25, 0.3) is 0 Å². The van der Waals surface area contributed by atoms with Crippen LogP contribution in [0.2, 0.25) is 0 Å². The molecule has 1 unspecified atom stereocenters. The standard InChI is InChI=1S/C14H20N2O4S/c15-13(9-10-1-3-12(17)4-2-10)14(18)16-11-5-7-21(19,20)8-6-11/h1-4,11,13,17H,5-9,15H2,(H,16,18). The fraction of sp³-hybridized carbons (Fsp3) is 0.500. The molecule has 1 amide bonds. The summed E-state index contributed by atoms with van der Waals surface area (Å²) in [7, 11) is -2.93. The second-order valence-corrected chi connectivity index (χ2v) is 7.72. The fourth-order valence-electron chi connectivity index (χ4n) is 2.32. The van der Waals surface area contributed by atoms with Gasteiger partial charge in [0.25, 0.3) is 0 Å². The van der Waals surface area contributed by atoms with Gasteiger partial charge in [0.2, 0.25) is 5.91 Å². The highest BCUT2D eigenvalue weighted by Gasteiger charge is 2.26. The fourth-order valence-corrected chi connectivity index (χ4v) is 3.81. The lowest BCUT2D eigenvalue weighted by Gasteiger charge is -2.24. The van der Waals surface area contributed by atoms with E-state index in [0.29, 0.717) is 19.3 Å². The summed E-state index contributed by atoms with van der Waals surface area (Å²) in [5, 5.41) is 12.0. The average Bonchev–Trinajstić information content (AvgIpc) is 2.43. The molecule has 2 rings (SSSR count). The zero-order chi connectivity index (χ0) is 15.5. The molecule has 1 aliphatic rings. The highest BCUT2D eigenvalue weighted by molar-refractivity contribution is 7.91. The average molecular weight is 312 g/mol. The van der Waals surface area contributed by atoms with Crippen molar-refractivity contribution < 1.29 is 18.3 Å². The lowest BCUT2D eigenvalue weighted by Crippen LogP contribution is -2.48. The van der Waals surface area contributed by atoms with E-state index in [-0.39, 0.29) is 29.2 Å². The van der Waals surface area contributed by atoms with E-state index in [0.717, 1.165) is 5.56 Å². The van der Waals surface area contributed by atoms with Gasteiger partial charge in [-0.05, 0) is 37.0 Å². The molecule has 0 saturated carbocycles. The third-order valence-corrected chi connectivity index (χ3v) is 5.35. The Morgan fingerprint density at radius 2 is 1.86 bits per heavy atom. The second-order valence-electron chi connectivity index (χ2n) is 5.41. The van der Waals surface area contributed by atoms with Crippen molar-refractivity contribution in [3.63, 3.8) is 0 Å². The van der Waals surface area contributed by atoms with E-state index in [1.54, 1.807) is 24.3 Å². The quantitative estimate of drug-likeness (QED) is 0.722. The molecule has 1 atom stereocenters. The van der Waals surface area contributed by atoms with Crippen molar-refractivity contribution in [2.45, 2.75) is 31.3 Å². The van der Waals surface area contributed by atoms with Crippen LogP contribution in [0.15, 0.2) is 24.3 Å². The largest absolute Gasteiger partial charge is 0.508 e. The molecule has 1 saturated heterocycles. The summed E-state index contributed by atoms with van der Waals surface area (Å²) >= 11 is 0.